The van der Waals surface area contributed by atoms with E-state index < -0.39 is 0 Å². The van der Waals surface area contributed by atoms with Crippen molar-refractivity contribution in [3.8, 4) is 11.6 Å². The van der Waals surface area contributed by atoms with Gasteiger partial charge in [0.1, 0.15) is 5.82 Å². The lowest BCUT2D eigenvalue weighted by Gasteiger charge is -2.21. The molecule has 19 heavy (non-hydrogen) atoms. The van der Waals surface area contributed by atoms with E-state index in [0.29, 0.717) is 11.6 Å². The number of nitrogens with zero attached hydrogens (tertiary/aromatic N) is 4. The maximum Gasteiger partial charge on any atom is 0.200 e. The van der Waals surface area contributed by atoms with Gasteiger partial charge in [-0.05, 0) is 22.0 Å². The molecular weight excluding hydrogens is 306 g/mol. The lowest BCUT2D eigenvalue weighted by Crippen LogP contribution is -2.17. The summed E-state index contributed by atoms with van der Waals surface area (Å²) in [6.07, 6.45) is 3.37. The molecule has 0 saturated heterocycles. The molecule has 2 aromatic heterocycles. The molecule has 0 bridgehead atoms. The SMILES string of the molecule is CNc1nc(-c2ncccn2)nc(C(C)(C)C)c1Br. The molecular formula is C13H16BrN5. The first kappa shape index (κ1) is 13.9. The van der Waals surface area contributed by atoms with Crippen LogP contribution in [0.25, 0.3) is 11.6 Å². The van der Waals surface area contributed by atoms with E-state index in [1.807, 2.05) is 7.05 Å². The van der Waals surface area contributed by atoms with E-state index in [4.69, 9.17) is 0 Å². The zero-order chi connectivity index (χ0) is 14.0. The van der Waals surface area contributed by atoms with Crippen molar-refractivity contribution in [2.24, 2.45) is 0 Å². The second kappa shape index (κ2) is 5.21. The monoisotopic (exact) mass is 321 g/mol. The predicted octanol–water partition coefficient (Wildman–Crippen LogP) is 3.04. The van der Waals surface area contributed by atoms with Crippen LogP contribution in [0.5, 0.6) is 0 Å². The average molecular weight is 322 g/mol. The van der Waals surface area contributed by atoms with E-state index >= 15 is 0 Å². The Morgan fingerprint density at radius 1 is 1.05 bits per heavy atom. The molecule has 5 nitrogen and oxygen atoms in total. The molecule has 0 aliphatic carbocycles. The summed E-state index contributed by atoms with van der Waals surface area (Å²) >= 11 is 3.56. The zero-order valence-electron chi connectivity index (χ0n) is 11.4. The molecule has 2 heterocycles. The lowest BCUT2D eigenvalue weighted by atomic mass is 9.92. The average Bonchev–Trinajstić information content (AvgIpc) is 2.38. The van der Waals surface area contributed by atoms with E-state index in [1.54, 1.807) is 18.5 Å². The van der Waals surface area contributed by atoms with Crippen molar-refractivity contribution in [1.29, 1.82) is 0 Å². The molecule has 0 aromatic carbocycles. The van der Waals surface area contributed by atoms with Gasteiger partial charge in [0.05, 0.1) is 10.2 Å². The molecule has 1 N–H and O–H groups in total. The number of nitrogens with one attached hydrogen (secondary N) is 1. The summed E-state index contributed by atoms with van der Waals surface area (Å²) in [5.41, 5.74) is 0.825. The highest BCUT2D eigenvalue weighted by atomic mass is 79.9. The first-order chi connectivity index (χ1) is 8.93. The molecule has 100 valence electrons. The van der Waals surface area contributed by atoms with Gasteiger partial charge in [0.2, 0.25) is 0 Å². The summed E-state index contributed by atoms with van der Waals surface area (Å²) in [5.74, 6) is 1.79. The molecule has 2 aromatic rings. The van der Waals surface area contributed by atoms with Gasteiger partial charge in [0.25, 0.3) is 0 Å². The highest BCUT2D eigenvalue weighted by Gasteiger charge is 2.23. The van der Waals surface area contributed by atoms with Crippen molar-refractivity contribution in [3.63, 3.8) is 0 Å². The van der Waals surface area contributed by atoms with Crippen molar-refractivity contribution in [2.45, 2.75) is 26.2 Å². The quantitative estimate of drug-likeness (QED) is 0.921. The highest BCUT2D eigenvalue weighted by molar-refractivity contribution is 9.10. The normalized spacial score (nSPS) is 11.4. The summed E-state index contributed by atoms with van der Waals surface area (Å²) in [6.45, 7) is 6.32. The van der Waals surface area contributed by atoms with Crippen LogP contribution in [-0.2, 0) is 5.41 Å². The van der Waals surface area contributed by atoms with Gasteiger partial charge in [-0.25, -0.2) is 19.9 Å². The van der Waals surface area contributed by atoms with Gasteiger partial charge in [-0.2, -0.15) is 0 Å². The summed E-state index contributed by atoms with van der Waals surface area (Å²) in [6, 6.07) is 1.77. The number of aromatic nitrogens is 4. The third kappa shape index (κ3) is 2.89. The smallest absolute Gasteiger partial charge is 0.200 e. The minimum absolute atomic E-state index is 0.100. The molecule has 0 amide bonds. The third-order valence-electron chi connectivity index (χ3n) is 2.56. The van der Waals surface area contributed by atoms with Crippen LogP contribution in [0.3, 0.4) is 0 Å². The number of anilines is 1. The van der Waals surface area contributed by atoms with Crippen LogP contribution < -0.4 is 5.32 Å². The predicted molar refractivity (Wildman–Crippen MR) is 79.0 cm³/mol. The van der Waals surface area contributed by atoms with Crippen LogP contribution in [-0.4, -0.2) is 27.0 Å². The summed E-state index contributed by atoms with van der Waals surface area (Å²) in [4.78, 5) is 17.4. The minimum atomic E-state index is -0.100. The molecule has 6 heteroatoms. The Kier molecular flexibility index (Phi) is 3.80. The van der Waals surface area contributed by atoms with E-state index in [0.717, 1.165) is 16.0 Å². The fourth-order valence-corrected chi connectivity index (χ4v) is 2.59. The Labute approximate surface area is 121 Å². The fourth-order valence-electron chi connectivity index (χ4n) is 1.62. The zero-order valence-corrected chi connectivity index (χ0v) is 13.0. The van der Waals surface area contributed by atoms with Crippen LogP contribution in [0.15, 0.2) is 22.9 Å². The first-order valence-corrected chi connectivity index (χ1v) is 6.76. The first-order valence-electron chi connectivity index (χ1n) is 5.96. The van der Waals surface area contributed by atoms with Crippen molar-refractivity contribution < 1.29 is 0 Å². The van der Waals surface area contributed by atoms with Crippen LogP contribution >= 0.6 is 15.9 Å². The maximum atomic E-state index is 4.60. The molecule has 0 radical (unpaired) electrons. The van der Waals surface area contributed by atoms with Crippen LogP contribution in [0.4, 0.5) is 5.82 Å². The van der Waals surface area contributed by atoms with Gasteiger partial charge in [-0.3, -0.25) is 0 Å². The summed E-state index contributed by atoms with van der Waals surface area (Å²) in [5, 5.41) is 3.06. The van der Waals surface area contributed by atoms with Crippen molar-refractivity contribution in [3.05, 3.63) is 28.6 Å². The van der Waals surface area contributed by atoms with E-state index in [9.17, 15) is 0 Å². The topological polar surface area (TPSA) is 63.6 Å². The van der Waals surface area contributed by atoms with Gasteiger partial charge in [-0.15, -0.1) is 0 Å². The van der Waals surface area contributed by atoms with Gasteiger partial charge < -0.3 is 5.32 Å². The summed E-state index contributed by atoms with van der Waals surface area (Å²) in [7, 11) is 1.83. The highest BCUT2D eigenvalue weighted by Crippen LogP contribution is 2.33. The van der Waals surface area contributed by atoms with Gasteiger partial charge >= 0.3 is 0 Å². The molecule has 0 spiro atoms. The lowest BCUT2D eigenvalue weighted by molar-refractivity contribution is 0.564. The molecule has 0 fully saturated rings. The van der Waals surface area contributed by atoms with Crippen molar-refractivity contribution in [2.75, 3.05) is 12.4 Å². The second-order valence-corrected chi connectivity index (χ2v) is 5.92. The Hall–Kier alpha value is -1.56. The Balaban J connectivity index is 2.65. The molecule has 0 saturated carbocycles. The summed E-state index contributed by atoms with van der Waals surface area (Å²) < 4.78 is 0.877. The maximum absolute atomic E-state index is 4.60. The Morgan fingerprint density at radius 2 is 1.68 bits per heavy atom. The molecule has 2 rings (SSSR count). The largest absolute Gasteiger partial charge is 0.372 e. The molecule has 0 aliphatic rings. The molecule has 0 unspecified atom stereocenters. The minimum Gasteiger partial charge on any atom is -0.372 e. The van der Waals surface area contributed by atoms with E-state index in [2.05, 4.69) is 62.0 Å². The second-order valence-electron chi connectivity index (χ2n) is 5.13. The molecule has 0 aliphatic heterocycles. The van der Waals surface area contributed by atoms with Gasteiger partial charge in [-0.1, -0.05) is 20.8 Å². The molecule has 0 atom stereocenters. The number of hydrogen-bond donors (Lipinski definition) is 1. The van der Waals surface area contributed by atoms with E-state index in [-0.39, 0.29) is 5.41 Å². The van der Waals surface area contributed by atoms with E-state index in [1.165, 1.54) is 0 Å². The van der Waals surface area contributed by atoms with Crippen LogP contribution in [0.2, 0.25) is 0 Å². The third-order valence-corrected chi connectivity index (χ3v) is 3.32. The Morgan fingerprint density at radius 3 is 2.21 bits per heavy atom. The fraction of sp³-hybridized carbons (Fsp3) is 0.385. The number of halogens is 1. The van der Waals surface area contributed by atoms with Crippen LogP contribution in [0, 0.1) is 0 Å². The number of hydrogen-bond acceptors (Lipinski definition) is 5. The van der Waals surface area contributed by atoms with Gasteiger partial charge in [0, 0.05) is 24.9 Å². The Bertz CT molecular complexity index is 578. The van der Waals surface area contributed by atoms with Gasteiger partial charge in [0.15, 0.2) is 11.6 Å². The van der Waals surface area contributed by atoms with Crippen molar-refractivity contribution in [1.82, 2.24) is 19.9 Å². The van der Waals surface area contributed by atoms with Crippen molar-refractivity contribution >= 4 is 21.7 Å². The number of rotatable bonds is 2. The standard InChI is InChI=1S/C13H16BrN5/c1-13(2,3)9-8(14)10(15-4)19-12(18-9)11-16-6-5-7-17-11/h5-7H,1-4H3,(H,15,18,19). The van der Waals surface area contributed by atoms with Crippen LogP contribution in [0.1, 0.15) is 26.5 Å².